The van der Waals surface area contributed by atoms with E-state index in [4.69, 9.17) is 4.52 Å². The van der Waals surface area contributed by atoms with Crippen LogP contribution in [-0.2, 0) is 11.3 Å². The zero-order valence-corrected chi connectivity index (χ0v) is 15.0. The van der Waals surface area contributed by atoms with Gasteiger partial charge in [-0.15, -0.1) is 0 Å². The van der Waals surface area contributed by atoms with Gasteiger partial charge in [0.25, 0.3) is 0 Å². The minimum Gasteiger partial charge on any atom is -0.364 e. The molecule has 2 aromatic rings. The highest BCUT2D eigenvalue weighted by Crippen LogP contribution is 2.26. The second-order valence-electron chi connectivity index (χ2n) is 6.80. The first-order valence-corrected chi connectivity index (χ1v) is 8.79. The van der Waals surface area contributed by atoms with Gasteiger partial charge < -0.3 is 9.42 Å². The van der Waals surface area contributed by atoms with E-state index < -0.39 is 11.6 Å². The van der Waals surface area contributed by atoms with Gasteiger partial charge >= 0.3 is 0 Å². The van der Waals surface area contributed by atoms with Gasteiger partial charge in [0.15, 0.2) is 0 Å². The monoisotopic (exact) mass is 363 g/mol. The van der Waals surface area contributed by atoms with Crippen molar-refractivity contribution in [2.24, 2.45) is 0 Å². The van der Waals surface area contributed by atoms with Crippen LogP contribution in [0, 0.1) is 11.6 Å². The lowest BCUT2D eigenvalue weighted by Crippen LogP contribution is -2.35. The van der Waals surface area contributed by atoms with E-state index in [-0.39, 0.29) is 24.5 Å². The molecule has 2 unspecified atom stereocenters. The molecule has 0 aliphatic carbocycles. The van der Waals surface area contributed by atoms with Gasteiger partial charge in [0.2, 0.25) is 5.91 Å². The fraction of sp³-hybridized carbons (Fsp3) is 0.474. The molecule has 0 bridgehead atoms. The molecule has 1 aliphatic heterocycles. The van der Waals surface area contributed by atoms with Gasteiger partial charge in [0, 0.05) is 43.2 Å². The minimum absolute atomic E-state index is 0.00119. The van der Waals surface area contributed by atoms with Gasteiger partial charge in [0.1, 0.15) is 23.6 Å². The van der Waals surface area contributed by atoms with E-state index in [2.05, 4.69) is 17.0 Å². The van der Waals surface area contributed by atoms with Crippen molar-refractivity contribution in [3.8, 4) is 0 Å². The van der Waals surface area contributed by atoms with Crippen LogP contribution >= 0.6 is 0 Å². The molecule has 2 heterocycles. The molecule has 1 amide bonds. The molecule has 140 valence electrons. The summed E-state index contributed by atoms with van der Waals surface area (Å²) in [7, 11) is 2.02. The van der Waals surface area contributed by atoms with Gasteiger partial charge in [-0.3, -0.25) is 9.69 Å². The molecule has 1 saturated heterocycles. The molecular weight excluding hydrogens is 340 g/mol. The normalized spacial score (nSPS) is 19.7. The highest BCUT2D eigenvalue weighted by Gasteiger charge is 2.28. The van der Waals surface area contributed by atoms with Crippen molar-refractivity contribution < 1.29 is 18.1 Å². The van der Waals surface area contributed by atoms with Crippen LogP contribution in [-0.4, -0.2) is 40.5 Å². The second kappa shape index (κ2) is 7.95. The molecule has 0 spiro atoms. The van der Waals surface area contributed by atoms with E-state index in [0.29, 0.717) is 18.5 Å². The van der Waals surface area contributed by atoms with Gasteiger partial charge in [-0.05, 0) is 32.9 Å². The number of likely N-dealkylation sites (tertiary alicyclic amines) is 1. The average Bonchev–Trinajstić information content (AvgIpc) is 3.09. The summed E-state index contributed by atoms with van der Waals surface area (Å²) < 4.78 is 31.9. The minimum atomic E-state index is -0.615. The number of aromatic nitrogens is 1. The van der Waals surface area contributed by atoms with Crippen molar-refractivity contribution in [3.05, 3.63) is 53.4 Å². The summed E-state index contributed by atoms with van der Waals surface area (Å²) >= 11 is 0. The summed E-state index contributed by atoms with van der Waals surface area (Å²) in [6.07, 6.45) is 3.48. The van der Waals surface area contributed by atoms with Crippen molar-refractivity contribution in [1.29, 1.82) is 0 Å². The number of hydrogen-bond acceptors (Lipinski definition) is 4. The van der Waals surface area contributed by atoms with Crippen molar-refractivity contribution in [2.75, 3.05) is 13.6 Å². The Hall–Kier alpha value is -2.28. The molecule has 3 rings (SSSR count). The number of rotatable bonds is 5. The molecule has 0 N–H and O–H groups in total. The van der Waals surface area contributed by atoms with Crippen molar-refractivity contribution >= 4 is 5.91 Å². The van der Waals surface area contributed by atoms with Gasteiger partial charge in [0.05, 0.1) is 6.04 Å². The molecule has 1 aromatic carbocycles. The highest BCUT2D eigenvalue weighted by molar-refractivity contribution is 5.76. The number of benzene rings is 1. The second-order valence-corrected chi connectivity index (χ2v) is 6.80. The first kappa shape index (κ1) is 18.5. The maximum atomic E-state index is 13.9. The van der Waals surface area contributed by atoms with E-state index in [1.165, 1.54) is 12.1 Å². The number of hydrogen-bond donors (Lipinski definition) is 0. The molecule has 1 fully saturated rings. The van der Waals surface area contributed by atoms with Gasteiger partial charge in [-0.1, -0.05) is 11.2 Å². The van der Waals surface area contributed by atoms with E-state index in [1.54, 1.807) is 11.2 Å². The number of halogens is 2. The third-order valence-electron chi connectivity index (χ3n) is 5.23. The first-order valence-electron chi connectivity index (χ1n) is 8.79. The van der Waals surface area contributed by atoms with Crippen LogP contribution in [0.3, 0.4) is 0 Å². The molecule has 26 heavy (non-hydrogen) atoms. The molecule has 1 aromatic heterocycles. The summed E-state index contributed by atoms with van der Waals surface area (Å²) in [5.41, 5.74) is 1.19. The zero-order valence-electron chi connectivity index (χ0n) is 15.0. The Balaban J connectivity index is 1.65. The first-order chi connectivity index (χ1) is 12.5. The van der Waals surface area contributed by atoms with Crippen LogP contribution in [0.25, 0.3) is 0 Å². The number of nitrogens with zero attached hydrogens (tertiary/aromatic N) is 3. The van der Waals surface area contributed by atoms with Crippen LogP contribution in [0.5, 0.6) is 0 Å². The summed E-state index contributed by atoms with van der Waals surface area (Å²) in [6, 6.07) is 5.61. The molecule has 1 aliphatic rings. The average molecular weight is 363 g/mol. The van der Waals surface area contributed by atoms with Crippen LogP contribution in [0.1, 0.15) is 43.5 Å². The largest absolute Gasteiger partial charge is 0.364 e. The predicted molar refractivity (Wildman–Crippen MR) is 92.1 cm³/mol. The molecule has 0 saturated carbocycles. The Kier molecular flexibility index (Phi) is 5.66. The standard InChI is InChI=1S/C19H23F2N3O2/c1-13(18-8-10-26-22-18)23(2)16-5-6-19(25)24(9-7-16)12-14-3-4-15(20)11-17(14)21/h3-4,8,10-11,13,16H,5-7,9,12H2,1-2H3. The smallest absolute Gasteiger partial charge is 0.222 e. The maximum Gasteiger partial charge on any atom is 0.222 e. The lowest BCUT2D eigenvalue weighted by atomic mass is 10.0. The SMILES string of the molecule is CC(c1ccon1)N(C)C1CCC(=O)N(Cc2ccc(F)cc2F)CC1. The Morgan fingerprint density at radius 1 is 1.35 bits per heavy atom. The zero-order chi connectivity index (χ0) is 18.7. The Morgan fingerprint density at radius 3 is 2.85 bits per heavy atom. The van der Waals surface area contributed by atoms with Crippen LogP contribution in [0.2, 0.25) is 0 Å². The van der Waals surface area contributed by atoms with E-state index >= 15 is 0 Å². The highest BCUT2D eigenvalue weighted by atomic mass is 19.1. The van der Waals surface area contributed by atoms with E-state index in [1.807, 2.05) is 13.1 Å². The van der Waals surface area contributed by atoms with Crippen LogP contribution < -0.4 is 0 Å². The fourth-order valence-corrected chi connectivity index (χ4v) is 3.41. The predicted octanol–water partition coefficient (Wildman–Crippen LogP) is 3.53. The summed E-state index contributed by atoms with van der Waals surface area (Å²) in [4.78, 5) is 16.3. The van der Waals surface area contributed by atoms with Crippen molar-refractivity contribution in [2.45, 2.75) is 44.8 Å². The van der Waals surface area contributed by atoms with Gasteiger partial charge in [-0.25, -0.2) is 8.78 Å². The van der Waals surface area contributed by atoms with Gasteiger partial charge in [-0.2, -0.15) is 0 Å². The summed E-state index contributed by atoms with van der Waals surface area (Å²) in [6.45, 7) is 2.76. The van der Waals surface area contributed by atoms with Crippen molar-refractivity contribution in [3.63, 3.8) is 0 Å². The molecule has 7 heteroatoms. The van der Waals surface area contributed by atoms with Crippen LogP contribution in [0.4, 0.5) is 8.78 Å². The Labute approximate surface area is 151 Å². The lowest BCUT2D eigenvalue weighted by Gasteiger charge is -2.31. The fourth-order valence-electron chi connectivity index (χ4n) is 3.41. The third kappa shape index (κ3) is 4.09. The number of amides is 1. The maximum absolute atomic E-state index is 13.9. The number of carbonyl (C=O) groups excluding carboxylic acids is 1. The molecule has 5 nitrogen and oxygen atoms in total. The lowest BCUT2D eigenvalue weighted by molar-refractivity contribution is -0.131. The Morgan fingerprint density at radius 2 is 2.15 bits per heavy atom. The summed E-state index contributed by atoms with van der Waals surface area (Å²) in [5.74, 6) is -1.23. The molecular formula is C19H23F2N3O2. The quantitative estimate of drug-likeness (QED) is 0.816. The molecule has 2 atom stereocenters. The van der Waals surface area contributed by atoms with E-state index in [9.17, 15) is 13.6 Å². The number of carbonyl (C=O) groups is 1. The molecule has 0 radical (unpaired) electrons. The van der Waals surface area contributed by atoms with Crippen LogP contribution in [0.15, 0.2) is 35.1 Å². The topological polar surface area (TPSA) is 49.6 Å². The Bertz CT molecular complexity index is 751. The third-order valence-corrected chi connectivity index (χ3v) is 5.23. The van der Waals surface area contributed by atoms with Crippen molar-refractivity contribution in [1.82, 2.24) is 15.0 Å². The summed E-state index contributed by atoms with van der Waals surface area (Å²) in [5, 5.41) is 3.99. The van der Waals surface area contributed by atoms with E-state index in [0.717, 1.165) is 24.6 Å².